The maximum atomic E-state index is 5.23. The second-order valence-electron chi connectivity index (χ2n) is 6.84. The van der Waals surface area contributed by atoms with E-state index in [1.807, 2.05) is 20.9 Å². The molecular formula is C20H30IN5O. The van der Waals surface area contributed by atoms with Gasteiger partial charge in [-0.25, -0.2) is 0 Å². The second-order valence-corrected chi connectivity index (χ2v) is 6.84. The van der Waals surface area contributed by atoms with E-state index >= 15 is 0 Å². The zero-order valence-electron chi connectivity index (χ0n) is 16.7. The van der Waals surface area contributed by atoms with Crippen molar-refractivity contribution in [2.24, 2.45) is 4.99 Å². The highest BCUT2D eigenvalue weighted by atomic mass is 127. The highest BCUT2D eigenvalue weighted by molar-refractivity contribution is 14.0. The minimum absolute atomic E-state index is 0. The first-order valence-electron chi connectivity index (χ1n) is 9.27. The summed E-state index contributed by atoms with van der Waals surface area (Å²) < 4.78 is 5.23. The molecule has 0 spiro atoms. The van der Waals surface area contributed by atoms with Crippen LogP contribution < -0.4 is 10.2 Å². The molecule has 0 bridgehead atoms. The molecule has 2 aromatic rings. The van der Waals surface area contributed by atoms with Crippen LogP contribution in [0, 0.1) is 20.8 Å². The number of aryl methyl sites for hydroxylation is 3. The van der Waals surface area contributed by atoms with Gasteiger partial charge in [0.05, 0.1) is 5.69 Å². The van der Waals surface area contributed by atoms with Gasteiger partial charge in [-0.1, -0.05) is 17.3 Å². The average Bonchev–Trinajstić information content (AvgIpc) is 2.97. The quantitative estimate of drug-likeness (QED) is 0.412. The van der Waals surface area contributed by atoms with Crippen LogP contribution in [0.4, 0.5) is 5.69 Å². The van der Waals surface area contributed by atoms with Gasteiger partial charge in [-0.3, -0.25) is 4.99 Å². The standard InChI is InChI=1S/C20H29N5O.HI/c1-15-6-5-7-18(14-15)24-10-12-25(13-11-24)20(21-4)22-9-8-19-16(2)23-26-17(19)3;/h5-7,14H,8-13H2,1-4H3,(H,21,22);1H. The van der Waals surface area contributed by atoms with E-state index in [0.717, 1.165) is 56.6 Å². The molecule has 7 heteroatoms. The Hall–Kier alpha value is -1.77. The van der Waals surface area contributed by atoms with Gasteiger partial charge in [-0.2, -0.15) is 0 Å². The molecule has 6 nitrogen and oxygen atoms in total. The topological polar surface area (TPSA) is 56.9 Å². The monoisotopic (exact) mass is 483 g/mol. The van der Waals surface area contributed by atoms with E-state index in [1.54, 1.807) is 0 Å². The Labute approximate surface area is 179 Å². The molecule has 1 N–H and O–H groups in total. The molecule has 0 unspecified atom stereocenters. The van der Waals surface area contributed by atoms with E-state index < -0.39 is 0 Å². The van der Waals surface area contributed by atoms with Gasteiger partial charge in [0.25, 0.3) is 0 Å². The minimum Gasteiger partial charge on any atom is -0.368 e. The van der Waals surface area contributed by atoms with E-state index in [-0.39, 0.29) is 24.0 Å². The number of halogens is 1. The van der Waals surface area contributed by atoms with Gasteiger partial charge in [0.15, 0.2) is 5.96 Å². The molecule has 3 rings (SSSR count). The smallest absolute Gasteiger partial charge is 0.193 e. The van der Waals surface area contributed by atoms with Crippen LogP contribution in [-0.4, -0.2) is 55.8 Å². The lowest BCUT2D eigenvalue weighted by Crippen LogP contribution is -2.52. The number of nitrogens with zero attached hydrogens (tertiary/aromatic N) is 4. The number of anilines is 1. The van der Waals surface area contributed by atoms with Gasteiger partial charge in [0, 0.05) is 51.0 Å². The van der Waals surface area contributed by atoms with Crippen LogP contribution in [0.1, 0.15) is 22.6 Å². The van der Waals surface area contributed by atoms with Crippen molar-refractivity contribution in [2.45, 2.75) is 27.2 Å². The Morgan fingerprint density at radius 2 is 1.93 bits per heavy atom. The van der Waals surface area contributed by atoms with Gasteiger partial charge in [-0.05, 0) is 44.9 Å². The van der Waals surface area contributed by atoms with Crippen molar-refractivity contribution in [3.05, 3.63) is 46.8 Å². The molecule has 0 radical (unpaired) electrons. The number of hydrogen-bond acceptors (Lipinski definition) is 4. The molecule has 1 aliphatic heterocycles. The average molecular weight is 483 g/mol. The van der Waals surface area contributed by atoms with E-state index in [0.29, 0.717) is 0 Å². The summed E-state index contributed by atoms with van der Waals surface area (Å²) in [7, 11) is 1.85. The van der Waals surface area contributed by atoms with Crippen molar-refractivity contribution in [3.8, 4) is 0 Å². The summed E-state index contributed by atoms with van der Waals surface area (Å²) in [5.41, 5.74) is 4.79. The van der Waals surface area contributed by atoms with Crippen LogP contribution in [0.3, 0.4) is 0 Å². The molecule has 1 aromatic carbocycles. The van der Waals surface area contributed by atoms with Gasteiger partial charge in [-0.15, -0.1) is 24.0 Å². The van der Waals surface area contributed by atoms with E-state index in [9.17, 15) is 0 Å². The molecule has 27 heavy (non-hydrogen) atoms. The zero-order chi connectivity index (χ0) is 18.5. The summed E-state index contributed by atoms with van der Waals surface area (Å²) in [5, 5.41) is 7.50. The van der Waals surface area contributed by atoms with Gasteiger partial charge in [0.2, 0.25) is 0 Å². The molecule has 0 aliphatic carbocycles. The van der Waals surface area contributed by atoms with Crippen LogP contribution in [0.25, 0.3) is 0 Å². The number of hydrogen-bond donors (Lipinski definition) is 1. The summed E-state index contributed by atoms with van der Waals surface area (Å²) >= 11 is 0. The van der Waals surface area contributed by atoms with Crippen molar-refractivity contribution in [1.82, 2.24) is 15.4 Å². The first-order chi connectivity index (χ1) is 12.6. The van der Waals surface area contributed by atoms with Crippen molar-refractivity contribution < 1.29 is 4.52 Å². The number of benzene rings is 1. The summed E-state index contributed by atoms with van der Waals surface area (Å²) in [5.74, 6) is 1.88. The van der Waals surface area contributed by atoms with E-state index in [1.165, 1.54) is 16.8 Å². The fourth-order valence-corrected chi connectivity index (χ4v) is 3.49. The number of guanidine groups is 1. The molecule has 0 atom stereocenters. The fraction of sp³-hybridized carbons (Fsp3) is 0.500. The van der Waals surface area contributed by atoms with Crippen molar-refractivity contribution in [2.75, 3.05) is 44.7 Å². The Bertz CT molecular complexity index is 746. The third-order valence-corrected chi connectivity index (χ3v) is 5.00. The SMILES string of the molecule is CN=C(NCCc1c(C)noc1C)N1CCN(c2cccc(C)c2)CC1.I. The summed E-state index contributed by atoms with van der Waals surface area (Å²) in [6.45, 7) is 10.9. The predicted molar refractivity (Wildman–Crippen MR) is 121 cm³/mol. The number of piperazine rings is 1. The summed E-state index contributed by atoms with van der Waals surface area (Å²) in [4.78, 5) is 9.24. The third-order valence-electron chi connectivity index (χ3n) is 5.00. The first-order valence-corrected chi connectivity index (χ1v) is 9.27. The Morgan fingerprint density at radius 1 is 1.19 bits per heavy atom. The molecule has 1 aliphatic rings. The van der Waals surface area contributed by atoms with Crippen molar-refractivity contribution >= 4 is 35.6 Å². The lowest BCUT2D eigenvalue weighted by molar-refractivity contribution is 0.372. The highest BCUT2D eigenvalue weighted by Crippen LogP contribution is 2.18. The third kappa shape index (κ3) is 5.37. The lowest BCUT2D eigenvalue weighted by atomic mass is 10.1. The maximum Gasteiger partial charge on any atom is 0.193 e. The largest absolute Gasteiger partial charge is 0.368 e. The van der Waals surface area contributed by atoms with Gasteiger partial charge >= 0.3 is 0 Å². The van der Waals surface area contributed by atoms with Crippen molar-refractivity contribution in [3.63, 3.8) is 0 Å². The normalized spacial score (nSPS) is 14.9. The first kappa shape index (κ1) is 21.5. The molecule has 2 heterocycles. The van der Waals surface area contributed by atoms with E-state index in [4.69, 9.17) is 4.52 Å². The zero-order valence-corrected chi connectivity index (χ0v) is 19.0. The predicted octanol–water partition coefficient (Wildman–Crippen LogP) is 3.16. The summed E-state index contributed by atoms with van der Waals surface area (Å²) in [6, 6.07) is 8.72. The van der Waals surface area contributed by atoms with Crippen LogP contribution in [0.2, 0.25) is 0 Å². The molecule has 0 saturated carbocycles. The minimum atomic E-state index is 0. The molecule has 1 fully saturated rings. The van der Waals surface area contributed by atoms with Crippen LogP contribution in [0.5, 0.6) is 0 Å². The van der Waals surface area contributed by atoms with Gasteiger partial charge < -0.3 is 19.6 Å². The molecule has 148 valence electrons. The molecule has 0 amide bonds. The van der Waals surface area contributed by atoms with Gasteiger partial charge in [0.1, 0.15) is 5.76 Å². The number of nitrogens with one attached hydrogen (secondary N) is 1. The number of aliphatic imine (C=N–C) groups is 1. The second kappa shape index (κ2) is 9.96. The van der Waals surface area contributed by atoms with Crippen molar-refractivity contribution in [1.29, 1.82) is 0 Å². The van der Waals surface area contributed by atoms with Crippen LogP contribution in [-0.2, 0) is 6.42 Å². The lowest BCUT2D eigenvalue weighted by Gasteiger charge is -2.37. The molecule has 1 aromatic heterocycles. The van der Waals surface area contributed by atoms with Crippen LogP contribution in [0.15, 0.2) is 33.8 Å². The highest BCUT2D eigenvalue weighted by Gasteiger charge is 2.20. The fourth-order valence-electron chi connectivity index (χ4n) is 3.49. The van der Waals surface area contributed by atoms with E-state index in [2.05, 4.69) is 56.5 Å². The molecule has 1 saturated heterocycles. The van der Waals surface area contributed by atoms with Crippen LogP contribution >= 0.6 is 24.0 Å². The Balaban J connectivity index is 0.00000261. The Kier molecular flexibility index (Phi) is 7.94. The maximum absolute atomic E-state index is 5.23. The number of aromatic nitrogens is 1. The summed E-state index contributed by atoms with van der Waals surface area (Å²) in [6.07, 6.45) is 0.892. The Morgan fingerprint density at radius 3 is 2.52 bits per heavy atom. The number of rotatable bonds is 4. The molecular weight excluding hydrogens is 453 g/mol.